The Labute approximate surface area is 161 Å². The number of rotatable bonds is 2. The second-order valence-electron chi connectivity index (χ2n) is 5.27. The second-order valence-corrected chi connectivity index (χ2v) is 7.44. The van der Waals surface area contributed by atoms with Crippen molar-refractivity contribution in [1.82, 2.24) is 0 Å². The Balaban J connectivity index is 0.000000238. The van der Waals surface area contributed by atoms with Gasteiger partial charge in [-0.15, -0.1) is 0 Å². The van der Waals surface area contributed by atoms with Crippen molar-refractivity contribution in [2.75, 3.05) is 0 Å². The number of carbonyl (C=O) groups is 2. The molecule has 0 amide bonds. The molecule has 0 atom stereocenters. The first-order valence-electron chi connectivity index (χ1n) is 7.53. The predicted molar refractivity (Wildman–Crippen MR) is 106 cm³/mol. The summed E-state index contributed by atoms with van der Waals surface area (Å²) in [5.74, 6) is -1.87. The lowest BCUT2D eigenvalue weighted by molar-refractivity contribution is -0.133. The Morgan fingerprint density at radius 3 is 1.04 bits per heavy atom. The van der Waals surface area contributed by atoms with Gasteiger partial charge in [-0.3, -0.25) is 0 Å². The van der Waals surface area contributed by atoms with Gasteiger partial charge in [-0.1, -0.05) is 60.9 Å². The fraction of sp³-hybridized carbons (Fsp3) is 0.100. The molecule has 1 aliphatic heterocycles. The fourth-order valence-corrected chi connectivity index (χ4v) is 3.71. The standard InChI is InChI=1S/C12H8S2.2C4H6O2/c1-2-6-10-9(5-1)13-11-7-3-4-8-12(11)14-10;2*1-3(2)4(5)6/h1-8H;2*1H2,2H3,(H,5,6). The summed E-state index contributed by atoms with van der Waals surface area (Å²) in [6.45, 7) is 9.20. The summed E-state index contributed by atoms with van der Waals surface area (Å²) in [7, 11) is 0. The van der Waals surface area contributed by atoms with Gasteiger partial charge in [0.05, 0.1) is 0 Å². The topological polar surface area (TPSA) is 74.6 Å². The summed E-state index contributed by atoms with van der Waals surface area (Å²) < 4.78 is 0. The van der Waals surface area contributed by atoms with Crippen molar-refractivity contribution in [3.8, 4) is 0 Å². The Morgan fingerprint density at radius 2 is 0.885 bits per heavy atom. The van der Waals surface area contributed by atoms with E-state index in [1.165, 1.54) is 33.4 Å². The van der Waals surface area contributed by atoms with Gasteiger partial charge in [0, 0.05) is 30.7 Å². The number of carboxylic acids is 2. The molecule has 2 N–H and O–H groups in total. The first-order chi connectivity index (χ1) is 12.2. The van der Waals surface area contributed by atoms with Gasteiger partial charge in [0.15, 0.2) is 0 Å². The minimum Gasteiger partial charge on any atom is -0.478 e. The Morgan fingerprint density at radius 1 is 0.692 bits per heavy atom. The molecule has 0 saturated carbocycles. The van der Waals surface area contributed by atoms with Crippen molar-refractivity contribution >= 4 is 35.5 Å². The van der Waals surface area contributed by atoms with Gasteiger partial charge in [0.2, 0.25) is 0 Å². The molecule has 26 heavy (non-hydrogen) atoms. The van der Waals surface area contributed by atoms with E-state index in [1.54, 1.807) is 0 Å². The normalized spacial score (nSPS) is 10.5. The van der Waals surface area contributed by atoms with Gasteiger partial charge in [0.25, 0.3) is 0 Å². The highest BCUT2D eigenvalue weighted by molar-refractivity contribution is 8.05. The Bertz CT molecular complexity index is 693. The van der Waals surface area contributed by atoms with Crippen molar-refractivity contribution in [2.24, 2.45) is 0 Å². The van der Waals surface area contributed by atoms with Gasteiger partial charge in [-0.2, -0.15) is 0 Å². The van der Waals surface area contributed by atoms with Gasteiger partial charge >= 0.3 is 11.9 Å². The largest absolute Gasteiger partial charge is 0.478 e. The van der Waals surface area contributed by atoms with Gasteiger partial charge in [0.1, 0.15) is 0 Å². The number of benzene rings is 2. The van der Waals surface area contributed by atoms with Crippen LogP contribution in [-0.4, -0.2) is 22.2 Å². The summed E-state index contributed by atoms with van der Waals surface area (Å²) in [6.07, 6.45) is 0. The third-order valence-corrected chi connectivity index (χ3v) is 5.43. The zero-order chi connectivity index (χ0) is 19.7. The number of aliphatic carboxylic acids is 2. The van der Waals surface area contributed by atoms with Crippen molar-refractivity contribution in [2.45, 2.75) is 33.4 Å². The quantitative estimate of drug-likeness (QED) is 0.557. The van der Waals surface area contributed by atoms with Gasteiger partial charge in [-0.25, -0.2) is 9.59 Å². The maximum absolute atomic E-state index is 9.60. The van der Waals surface area contributed by atoms with Crippen molar-refractivity contribution in [3.05, 3.63) is 72.8 Å². The van der Waals surface area contributed by atoms with E-state index >= 15 is 0 Å². The molecule has 0 saturated heterocycles. The zero-order valence-electron chi connectivity index (χ0n) is 14.6. The van der Waals surface area contributed by atoms with E-state index in [-0.39, 0.29) is 11.1 Å². The van der Waals surface area contributed by atoms with Crippen LogP contribution in [0.2, 0.25) is 0 Å². The molecule has 0 aromatic heterocycles. The lowest BCUT2D eigenvalue weighted by atomic mass is 10.3. The van der Waals surface area contributed by atoms with E-state index in [0.717, 1.165) is 0 Å². The molecule has 0 radical (unpaired) electrons. The smallest absolute Gasteiger partial charge is 0.330 e. The van der Waals surface area contributed by atoms with Crippen LogP contribution in [-0.2, 0) is 9.59 Å². The van der Waals surface area contributed by atoms with E-state index in [2.05, 4.69) is 61.7 Å². The number of hydrogen-bond acceptors (Lipinski definition) is 4. The molecule has 136 valence electrons. The SMILES string of the molecule is C=C(C)C(=O)O.C=C(C)C(=O)O.c1ccc2c(c1)Sc1ccccc1S2. The average molecular weight is 389 g/mol. The molecule has 0 aliphatic carbocycles. The van der Waals surface area contributed by atoms with Crippen LogP contribution in [0.3, 0.4) is 0 Å². The van der Waals surface area contributed by atoms with Crippen molar-refractivity contribution in [1.29, 1.82) is 0 Å². The molecule has 2 aromatic carbocycles. The van der Waals surface area contributed by atoms with E-state index in [0.29, 0.717) is 0 Å². The molecule has 0 spiro atoms. The predicted octanol–water partition coefficient (Wildman–Crippen LogP) is 5.60. The maximum Gasteiger partial charge on any atom is 0.330 e. The zero-order valence-corrected chi connectivity index (χ0v) is 16.2. The van der Waals surface area contributed by atoms with E-state index in [9.17, 15) is 9.59 Å². The monoisotopic (exact) mass is 388 g/mol. The molecule has 1 aliphatic rings. The van der Waals surface area contributed by atoms with Crippen molar-refractivity contribution in [3.63, 3.8) is 0 Å². The summed E-state index contributed by atoms with van der Waals surface area (Å²) in [6, 6.07) is 17.1. The average Bonchev–Trinajstić information content (AvgIpc) is 2.60. The van der Waals surface area contributed by atoms with Crippen LogP contribution in [0.25, 0.3) is 0 Å². The molecule has 0 bridgehead atoms. The van der Waals surface area contributed by atoms with Crippen LogP contribution in [0.1, 0.15) is 13.8 Å². The van der Waals surface area contributed by atoms with Gasteiger partial charge < -0.3 is 10.2 Å². The Hall–Kier alpha value is -2.44. The minimum atomic E-state index is -0.935. The van der Waals surface area contributed by atoms with Crippen LogP contribution in [0.5, 0.6) is 0 Å². The summed E-state index contributed by atoms with van der Waals surface area (Å²) in [4.78, 5) is 24.7. The lowest BCUT2D eigenvalue weighted by Gasteiger charge is -2.17. The third-order valence-electron chi connectivity index (χ3n) is 2.87. The molecule has 0 unspecified atom stereocenters. The van der Waals surface area contributed by atoms with Crippen LogP contribution in [0.4, 0.5) is 0 Å². The maximum atomic E-state index is 9.60. The van der Waals surface area contributed by atoms with E-state index < -0.39 is 11.9 Å². The van der Waals surface area contributed by atoms with Crippen LogP contribution in [0.15, 0.2) is 92.4 Å². The highest BCUT2D eigenvalue weighted by Crippen LogP contribution is 2.47. The summed E-state index contributed by atoms with van der Waals surface area (Å²) in [5.41, 5.74) is 0.352. The lowest BCUT2D eigenvalue weighted by Crippen LogP contribution is -1.92. The number of hydrogen-bond donors (Lipinski definition) is 2. The molecular formula is C20H20O4S2. The fourth-order valence-electron chi connectivity index (χ4n) is 1.47. The van der Waals surface area contributed by atoms with Gasteiger partial charge in [-0.05, 0) is 38.1 Å². The summed E-state index contributed by atoms with van der Waals surface area (Å²) in [5, 5.41) is 15.8. The number of fused-ring (bicyclic) bond motifs is 2. The molecule has 0 fully saturated rings. The van der Waals surface area contributed by atoms with Crippen LogP contribution >= 0.6 is 23.5 Å². The van der Waals surface area contributed by atoms with Crippen molar-refractivity contribution < 1.29 is 19.8 Å². The third kappa shape index (κ3) is 7.21. The summed E-state index contributed by atoms with van der Waals surface area (Å²) >= 11 is 3.72. The molecule has 3 rings (SSSR count). The molecule has 6 heteroatoms. The first kappa shape index (κ1) is 21.6. The van der Waals surface area contributed by atoms with Crippen LogP contribution in [0, 0.1) is 0 Å². The number of carboxylic acid groups (broad SMARTS) is 2. The molecule has 4 nitrogen and oxygen atoms in total. The minimum absolute atomic E-state index is 0.176. The molecular weight excluding hydrogens is 368 g/mol. The highest BCUT2D eigenvalue weighted by atomic mass is 32.2. The highest BCUT2D eigenvalue weighted by Gasteiger charge is 2.14. The Kier molecular flexibility index (Phi) is 8.75. The van der Waals surface area contributed by atoms with E-state index in [4.69, 9.17) is 10.2 Å². The molecule has 2 aromatic rings. The van der Waals surface area contributed by atoms with E-state index in [1.807, 2.05) is 23.5 Å². The second kappa shape index (κ2) is 10.5. The first-order valence-corrected chi connectivity index (χ1v) is 9.17. The molecule has 1 heterocycles. The van der Waals surface area contributed by atoms with Crippen LogP contribution < -0.4 is 0 Å².